The van der Waals surface area contributed by atoms with Crippen LogP contribution in [0.25, 0.3) is 5.76 Å². The standard InChI is InChI=1S/C18H14BrNO4/c1-24-13-5-3-2-4-12(13)15-14(17(22)18(23)20-15)16(21)10-6-8-11(19)9-7-10/h2-9,15,21H,1H3,(H,20,23). The van der Waals surface area contributed by atoms with E-state index in [0.717, 1.165) is 4.47 Å². The molecule has 122 valence electrons. The van der Waals surface area contributed by atoms with Crippen LogP contribution in [0.15, 0.2) is 58.6 Å². The van der Waals surface area contributed by atoms with Crippen LogP contribution in [0.4, 0.5) is 0 Å². The number of rotatable bonds is 3. The third-order valence-electron chi connectivity index (χ3n) is 3.84. The molecule has 3 rings (SSSR count). The van der Waals surface area contributed by atoms with Crippen LogP contribution in [0.5, 0.6) is 5.75 Å². The van der Waals surface area contributed by atoms with E-state index in [9.17, 15) is 14.7 Å². The Morgan fingerprint density at radius 2 is 1.79 bits per heavy atom. The number of benzene rings is 2. The van der Waals surface area contributed by atoms with Crippen LogP contribution in [0.2, 0.25) is 0 Å². The molecule has 2 aromatic rings. The highest BCUT2D eigenvalue weighted by molar-refractivity contribution is 9.10. The minimum absolute atomic E-state index is 0.0202. The molecule has 0 spiro atoms. The summed E-state index contributed by atoms with van der Waals surface area (Å²) in [5, 5.41) is 13.2. The van der Waals surface area contributed by atoms with Gasteiger partial charge in [0, 0.05) is 15.6 Å². The molecule has 0 aromatic heterocycles. The van der Waals surface area contributed by atoms with Crippen LogP contribution in [-0.2, 0) is 9.59 Å². The molecule has 2 aromatic carbocycles. The maximum absolute atomic E-state index is 12.3. The molecule has 1 atom stereocenters. The summed E-state index contributed by atoms with van der Waals surface area (Å²) in [4.78, 5) is 24.2. The normalized spacial score (nSPS) is 19.2. The summed E-state index contributed by atoms with van der Waals surface area (Å²) in [6.45, 7) is 0. The van der Waals surface area contributed by atoms with E-state index >= 15 is 0 Å². The number of hydrogen-bond donors (Lipinski definition) is 2. The van der Waals surface area contributed by atoms with Crippen molar-refractivity contribution in [2.75, 3.05) is 7.11 Å². The Labute approximate surface area is 147 Å². The van der Waals surface area contributed by atoms with Crippen molar-refractivity contribution in [2.24, 2.45) is 0 Å². The second kappa shape index (κ2) is 6.49. The van der Waals surface area contributed by atoms with E-state index in [1.54, 1.807) is 48.5 Å². The highest BCUT2D eigenvalue weighted by Crippen LogP contribution is 2.36. The van der Waals surface area contributed by atoms with Gasteiger partial charge in [-0.2, -0.15) is 0 Å². The number of methoxy groups -OCH3 is 1. The van der Waals surface area contributed by atoms with Crippen molar-refractivity contribution in [3.05, 3.63) is 69.7 Å². The summed E-state index contributed by atoms with van der Waals surface area (Å²) < 4.78 is 6.15. The first kappa shape index (κ1) is 16.3. The van der Waals surface area contributed by atoms with Crippen molar-refractivity contribution in [3.63, 3.8) is 0 Å². The highest BCUT2D eigenvalue weighted by Gasteiger charge is 2.40. The van der Waals surface area contributed by atoms with Crippen molar-refractivity contribution in [1.82, 2.24) is 5.32 Å². The van der Waals surface area contributed by atoms with Gasteiger partial charge in [0.2, 0.25) is 0 Å². The minimum Gasteiger partial charge on any atom is -0.507 e. The molecule has 0 aliphatic carbocycles. The summed E-state index contributed by atoms with van der Waals surface area (Å²) in [6.07, 6.45) is 0. The lowest BCUT2D eigenvalue weighted by Crippen LogP contribution is -2.21. The van der Waals surface area contributed by atoms with Crippen LogP contribution < -0.4 is 10.1 Å². The number of Topliss-reactive ketones (excluding diaryl/α,β-unsaturated/α-hetero) is 1. The lowest BCUT2D eigenvalue weighted by Gasteiger charge is -2.16. The van der Waals surface area contributed by atoms with Gasteiger partial charge in [0.1, 0.15) is 11.5 Å². The molecular weight excluding hydrogens is 374 g/mol. The van der Waals surface area contributed by atoms with E-state index in [1.807, 2.05) is 0 Å². The number of ketones is 1. The van der Waals surface area contributed by atoms with Crippen LogP contribution in [-0.4, -0.2) is 23.9 Å². The number of nitrogens with one attached hydrogen (secondary N) is 1. The number of halogens is 1. The first-order chi connectivity index (χ1) is 11.5. The van der Waals surface area contributed by atoms with E-state index in [2.05, 4.69) is 21.2 Å². The van der Waals surface area contributed by atoms with E-state index in [0.29, 0.717) is 16.9 Å². The second-order valence-electron chi connectivity index (χ2n) is 5.25. The van der Waals surface area contributed by atoms with Crippen LogP contribution in [0, 0.1) is 0 Å². The predicted molar refractivity (Wildman–Crippen MR) is 92.6 cm³/mol. The summed E-state index contributed by atoms with van der Waals surface area (Å²) >= 11 is 3.32. The molecule has 1 fully saturated rings. The molecule has 1 aliphatic rings. The number of carbonyl (C=O) groups excluding carboxylic acids is 2. The number of amides is 1. The fraction of sp³-hybridized carbons (Fsp3) is 0.111. The van der Waals surface area contributed by atoms with Crippen molar-refractivity contribution < 1.29 is 19.4 Å². The quantitative estimate of drug-likeness (QED) is 0.481. The van der Waals surface area contributed by atoms with E-state index in [-0.39, 0.29) is 11.3 Å². The smallest absolute Gasteiger partial charge is 0.293 e. The Kier molecular flexibility index (Phi) is 4.40. The Bertz CT molecular complexity index is 842. The lowest BCUT2D eigenvalue weighted by molar-refractivity contribution is -0.133. The second-order valence-corrected chi connectivity index (χ2v) is 6.16. The van der Waals surface area contributed by atoms with Gasteiger partial charge in [-0.1, -0.05) is 46.3 Å². The molecule has 0 bridgehead atoms. The minimum atomic E-state index is -0.759. The molecule has 1 amide bonds. The Hall–Kier alpha value is -2.60. The fourth-order valence-corrected chi connectivity index (χ4v) is 2.93. The first-order valence-corrected chi connectivity index (χ1v) is 7.99. The predicted octanol–water partition coefficient (Wildman–Crippen LogP) is 3.17. The number of para-hydroxylation sites is 1. The number of hydrogen-bond acceptors (Lipinski definition) is 4. The van der Waals surface area contributed by atoms with Gasteiger partial charge in [0.25, 0.3) is 11.7 Å². The maximum Gasteiger partial charge on any atom is 0.293 e. The molecule has 5 nitrogen and oxygen atoms in total. The Balaban J connectivity index is 2.15. The van der Waals surface area contributed by atoms with Gasteiger partial charge < -0.3 is 15.2 Å². The lowest BCUT2D eigenvalue weighted by atomic mass is 9.95. The average molecular weight is 388 g/mol. The maximum atomic E-state index is 12.3. The molecule has 1 unspecified atom stereocenters. The van der Waals surface area contributed by atoms with Gasteiger partial charge in [0.05, 0.1) is 18.7 Å². The Morgan fingerprint density at radius 3 is 2.46 bits per heavy atom. The molecule has 1 heterocycles. The third kappa shape index (κ3) is 2.80. The zero-order valence-corrected chi connectivity index (χ0v) is 14.3. The Morgan fingerprint density at radius 1 is 1.12 bits per heavy atom. The SMILES string of the molecule is COc1ccccc1C1NC(=O)C(=O)C1=C(O)c1ccc(Br)cc1. The van der Waals surface area contributed by atoms with Crippen LogP contribution in [0.3, 0.4) is 0 Å². The number of carbonyl (C=O) groups is 2. The largest absolute Gasteiger partial charge is 0.507 e. The zero-order valence-electron chi connectivity index (χ0n) is 12.7. The molecule has 0 saturated carbocycles. The number of aliphatic hydroxyl groups excluding tert-OH is 1. The van der Waals surface area contributed by atoms with Gasteiger partial charge >= 0.3 is 0 Å². The van der Waals surface area contributed by atoms with Crippen molar-refractivity contribution in [1.29, 1.82) is 0 Å². The van der Waals surface area contributed by atoms with Gasteiger partial charge in [-0.3, -0.25) is 9.59 Å². The highest BCUT2D eigenvalue weighted by atomic mass is 79.9. The fourth-order valence-electron chi connectivity index (χ4n) is 2.67. The van der Waals surface area contributed by atoms with Crippen molar-refractivity contribution in [2.45, 2.75) is 6.04 Å². The van der Waals surface area contributed by atoms with Gasteiger partial charge in [0.15, 0.2) is 0 Å². The van der Waals surface area contributed by atoms with Gasteiger partial charge in [-0.15, -0.1) is 0 Å². The summed E-state index contributed by atoms with van der Waals surface area (Å²) in [5.41, 5.74) is 1.09. The number of aliphatic hydroxyl groups is 1. The van der Waals surface area contributed by atoms with Crippen LogP contribution >= 0.6 is 15.9 Å². The molecular formula is C18H14BrNO4. The van der Waals surface area contributed by atoms with E-state index < -0.39 is 17.7 Å². The monoisotopic (exact) mass is 387 g/mol. The van der Waals surface area contributed by atoms with Gasteiger partial charge in [-0.25, -0.2) is 0 Å². The number of ether oxygens (including phenoxy) is 1. The molecule has 2 N–H and O–H groups in total. The average Bonchev–Trinajstić information content (AvgIpc) is 2.90. The third-order valence-corrected chi connectivity index (χ3v) is 4.37. The topological polar surface area (TPSA) is 75.6 Å². The van der Waals surface area contributed by atoms with Crippen molar-refractivity contribution >= 4 is 33.4 Å². The van der Waals surface area contributed by atoms with Crippen molar-refractivity contribution in [3.8, 4) is 5.75 Å². The van der Waals surface area contributed by atoms with Gasteiger partial charge in [-0.05, 0) is 18.2 Å². The molecule has 1 aliphatic heterocycles. The zero-order chi connectivity index (χ0) is 17.3. The molecule has 24 heavy (non-hydrogen) atoms. The molecule has 0 radical (unpaired) electrons. The molecule has 1 saturated heterocycles. The summed E-state index contributed by atoms with van der Waals surface area (Å²) in [5.74, 6) is -1.18. The van der Waals surface area contributed by atoms with E-state index in [1.165, 1.54) is 7.11 Å². The van der Waals surface area contributed by atoms with E-state index in [4.69, 9.17) is 4.74 Å². The summed E-state index contributed by atoms with van der Waals surface area (Å²) in [6, 6.07) is 13.1. The summed E-state index contributed by atoms with van der Waals surface area (Å²) in [7, 11) is 1.51. The first-order valence-electron chi connectivity index (χ1n) is 7.20. The molecule has 6 heteroatoms. The van der Waals surface area contributed by atoms with Crippen LogP contribution in [0.1, 0.15) is 17.2 Å².